The van der Waals surface area contributed by atoms with E-state index in [-0.39, 0.29) is 5.41 Å². The predicted molar refractivity (Wildman–Crippen MR) is 91.1 cm³/mol. The molecular formula is C19H27N. The van der Waals surface area contributed by atoms with Crippen LogP contribution in [0.25, 0.3) is 0 Å². The van der Waals surface area contributed by atoms with Gasteiger partial charge in [0.25, 0.3) is 0 Å². The lowest BCUT2D eigenvalue weighted by atomic mass is 9.90. The molecule has 0 unspecified atom stereocenters. The minimum atomic E-state index is 0.0587. The maximum Gasteiger partial charge on any atom is 0.0695 e. The van der Waals surface area contributed by atoms with Crippen molar-refractivity contribution in [3.05, 3.63) is 59.4 Å². The van der Waals surface area contributed by atoms with E-state index < -0.39 is 0 Å². The van der Waals surface area contributed by atoms with Crippen molar-refractivity contribution in [1.29, 1.82) is 0 Å². The highest BCUT2D eigenvalue weighted by Crippen LogP contribution is 2.27. The van der Waals surface area contributed by atoms with Crippen molar-refractivity contribution < 1.29 is 0 Å². The molecule has 0 saturated carbocycles. The molecular weight excluding hydrogens is 242 g/mol. The van der Waals surface area contributed by atoms with Crippen molar-refractivity contribution in [2.75, 3.05) is 0 Å². The third kappa shape index (κ3) is 6.01. The Labute approximate surface area is 124 Å². The average molecular weight is 269 g/mol. The quantitative estimate of drug-likeness (QED) is 0.443. The van der Waals surface area contributed by atoms with Crippen LogP contribution in [0, 0.1) is 5.41 Å². The highest BCUT2D eigenvalue weighted by Gasteiger charge is 2.13. The molecule has 1 heteroatoms. The summed E-state index contributed by atoms with van der Waals surface area (Å²) in [6, 6.07) is 0. The molecule has 1 nitrogen and oxygen atoms in total. The second-order valence-corrected chi connectivity index (χ2v) is 6.04. The molecule has 20 heavy (non-hydrogen) atoms. The number of nitrogens with zero attached hydrogens (tertiary/aromatic N) is 1. The maximum absolute atomic E-state index is 4.66. The zero-order valence-electron chi connectivity index (χ0n) is 13.5. The molecule has 0 amide bonds. The van der Waals surface area contributed by atoms with Crippen LogP contribution in [0.4, 0.5) is 0 Å². The van der Waals surface area contributed by atoms with Crippen LogP contribution in [0.5, 0.6) is 0 Å². The van der Waals surface area contributed by atoms with Gasteiger partial charge in [-0.25, -0.2) is 0 Å². The average Bonchev–Trinajstić information content (AvgIpc) is 2.54. The van der Waals surface area contributed by atoms with Gasteiger partial charge in [0.15, 0.2) is 0 Å². The molecule has 0 N–H and O–H groups in total. The van der Waals surface area contributed by atoms with Gasteiger partial charge in [-0.2, -0.15) is 0 Å². The summed E-state index contributed by atoms with van der Waals surface area (Å²) in [7, 11) is 0. The molecule has 0 bridgehead atoms. The Morgan fingerprint density at radius 2 is 1.95 bits per heavy atom. The first kappa shape index (κ1) is 16.4. The SMILES string of the molecule is CCCC=N/C(=C\C=C(C)C)C1=CC(C)(C)C=CC=C1. The summed E-state index contributed by atoms with van der Waals surface area (Å²) in [6.07, 6.45) is 19.2. The van der Waals surface area contributed by atoms with E-state index >= 15 is 0 Å². The van der Waals surface area contributed by atoms with Crippen LogP contribution in [-0.4, -0.2) is 6.21 Å². The Balaban J connectivity index is 3.13. The van der Waals surface area contributed by atoms with Crippen molar-refractivity contribution in [3.8, 4) is 0 Å². The van der Waals surface area contributed by atoms with Gasteiger partial charge in [0.05, 0.1) is 5.70 Å². The Morgan fingerprint density at radius 1 is 1.20 bits per heavy atom. The van der Waals surface area contributed by atoms with Gasteiger partial charge in [0.2, 0.25) is 0 Å². The smallest absolute Gasteiger partial charge is 0.0695 e. The van der Waals surface area contributed by atoms with Crippen molar-refractivity contribution in [3.63, 3.8) is 0 Å². The van der Waals surface area contributed by atoms with Crippen LogP contribution in [0.3, 0.4) is 0 Å². The molecule has 0 aromatic carbocycles. The Kier molecular flexibility index (Phi) is 6.44. The molecule has 0 heterocycles. The molecule has 108 valence electrons. The maximum atomic E-state index is 4.66. The van der Waals surface area contributed by atoms with Crippen molar-refractivity contribution in [1.82, 2.24) is 0 Å². The van der Waals surface area contributed by atoms with Crippen molar-refractivity contribution in [2.24, 2.45) is 10.4 Å². The predicted octanol–water partition coefficient (Wildman–Crippen LogP) is 5.79. The van der Waals surface area contributed by atoms with Gasteiger partial charge in [0, 0.05) is 11.6 Å². The lowest BCUT2D eigenvalue weighted by Crippen LogP contribution is -2.03. The molecule has 1 aliphatic rings. The minimum Gasteiger partial charge on any atom is -0.261 e. The topological polar surface area (TPSA) is 12.4 Å². The summed E-state index contributed by atoms with van der Waals surface area (Å²) < 4.78 is 0. The van der Waals surface area contributed by atoms with E-state index in [1.54, 1.807) is 0 Å². The van der Waals surface area contributed by atoms with E-state index in [4.69, 9.17) is 0 Å². The van der Waals surface area contributed by atoms with Gasteiger partial charge in [0.1, 0.15) is 0 Å². The number of hydrogen-bond acceptors (Lipinski definition) is 1. The zero-order valence-corrected chi connectivity index (χ0v) is 13.5. The fraction of sp³-hybridized carbons (Fsp3) is 0.421. The van der Waals surface area contributed by atoms with Crippen LogP contribution in [0.15, 0.2) is 64.4 Å². The van der Waals surface area contributed by atoms with Crippen LogP contribution in [0.1, 0.15) is 47.5 Å². The first-order valence-corrected chi connectivity index (χ1v) is 7.41. The second-order valence-electron chi connectivity index (χ2n) is 6.04. The van der Waals surface area contributed by atoms with Gasteiger partial charge >= 0.3 is 0 Å². The highest BCUT2D eigenvalue weighted by atomic mass is 14.7. The lowest BCUT2D eigenvalue weighted by Gasteiger charge is -2.15. The third-order valence-electron chi connectivity index (χ3n) is 2.96. The first-order chi connectivity index (χ1) is 9.44. The molecule has 0 spiro atoms. The highest BCUT2D eigenvalue weighted by molar-refractivity contribution is 5.61. The fourth-order valence-corrected chi connectivity index (χ4v) is 1.87. The number of allylic oxidation sites excluding steroid dienone is 8. The van der Waals surface area contributed by atoms with E-state index in [9.17, 15) is 0 Å². The molecule has 1 rings (SSSR count). The van der Waals surface area contributed by atoms with Crippen LogP contribution in [-0.2, 0) is 0 Å². The Morgan fingerprint density at radius 3 is 2.60 bits per heavy atom. The van der Waals surface area contributed by atoms with E-state index in [2.05, 4.69) is 82.1 Å². The summed E-state index contributed by atoms with van der Waals surface area (Å²) in [6.45, 7) is 10.8. The standard InChI is InChI=1S/C19H27N/c1-6-7-14-20-18(12-11-16(2)3)17-10-8-9-13-19(4,5)15-17/h8-15H,6-7H2,1-5H3/b18-12-,20-14?. The zero-order chi connectivity index (χ0) is 15.0. The largest absolute Gasteiger partial charge is 0.261 e. The Hall–Kier alpha value is -1.63. The molecule has 1 aliphatic carbocycles. The summed E-state index contributed by atoms with van der Waals surface area (Å²) in [5.74, 6) is 0. The van der Waals surface area contributed by atoms with E-state index in [1.807, 2.05) is 6.21 Å². The molecule has 0 atom stereocenters. The molecule has 0 fully saturated rings. The fourth-order valence-electron chi connectivity index (χ4n) is 1.87. The van der Waals surface area contributed by atoms with Crippen molar-refractivity contribution in [2.45, 2.75) is 47.5 Å². The minimum absolute atomic E-state index is 0.0587. The molecule has 0 radical (unpaired) electrons. The van der Waals surface area contributed by atoms with Crippen LogP contribution in [0.2, 0.25) is 0 Å². The van der Waals surface area contributed by atoms with E-state index in [0.29, 0.717) is 0 Å². The summed E-state index contributed by atoms with van der Waals surface area (Å²) >= 11 is 0. The number of aliphatic imine (C=N–C) groups is 1. The Bertz CT molecular complexity index is 490. The lowest BCUT2D eigenvalue weighted by molar-refractivity contribution is 0.624. The molecule has 0 aromatic heterocycles. The van der Waals surface area contributed by atoms with Gasteiger partial charge in [-0.3, -0.25) is 4.99 Å². The molecule has 0 aliphatic heterocycles. The second kappa shape index (κ2) is 7.84. The van der Waals surface area contributed by atoms with Crippen molar-refractivity contribution >= 4 is 6.21 Å². The van der Waals surface area contributed by atoms with Crippen LogP contribution < -0.4 is 0 Å². The molecule has 0 aromatic rings. The number of hydrogen-bond donors (Lipinski definition) is 0. The summed E-state index contributed by atoms with van der Waals surface area (Å²) in [5, 5.41) is 0. The number of unbranched alkanes of at least 4 members (excludes halogenated alkanes) is 1. The van der Waals surface area contributed by atoms with Gasteiger partial charge in [-0.15, -0.1) is 0 Å². The normalized spacial score (nSPS) is 18.1. The number of rotatable bonds is 5. The van der Waals surface area contributed by atoms with Gasteiger partial charge in [-0.05, 0) is 31.9 Å². The molecule has 0 saturated heterocycles. The van der Waals surface area contributed by atoms with E-state index in [0.717, 1.165) is 18.5 Å². The monoisotopic (exact) mass is 269 g/mol. The van der Waals surface area contributed by atoms with Gasteiger partial charge in [-0.1, -0.05) is 69.2 Å². The van der Waals surface area contributed by atoms with Crippen LogP contribution >= 0.6 is 0 Å². The summed E-state index contributed by atoms with van der Waals surface area (Å²) in [5.41, 5.74) is 3.56. The first-order valence-electron chi connectivity index (χ1n) is 7.41. The summed E-state index contributed by atoms with van der Waals surface area (Å²) in [4.78, 5) is 4.66. The van der Waals surface area contributed by atoms with Gasteiger partial charge < -0.3 is 0 Å². The van der Waals surface area contributed by atoms with E-state index in [1.165, 1.54) is 11.1 Å². The third-order valence-corrected chi connectivity index (χ3v) is 2.96.